The van der Waals surface area contributed by atoms with Crippen LogP contribution in [0.4, 0.5) is 0 Å². The van der Waals surface area contributed by atoms with Crippen molar-refractivity contribution in [1.29, 1.82) is 0 Å². The van der Waals surface area contributed by atoms with Gasteiger partial charge in [0.2, 0.25) is 0 Å². The van der Waals surface area contributed by atoms with Crippen molar-refractivity contribution in [3.05, 3.63) is 21.3 Å². The average Bonchev–Trinajstić information content (AvgIpc) is 2.75. The fourth-order valence-electron chi connectivity index (χ4n) is 2.09. The lowest BCUT2D eigenvalue weighted by molar-refractivity contribution is 0.0948. The molecular formula is C12H15Cl2NOS. The molecule has 5 heteroatoms. The van der Waals surface area contributed by atoms with E-state index in [-0.39, 0.29) is 5.91 Å². The Balaban J connectivity index is 1.76. The molecule has 0 aromatic carbocycles. The summed E-state index contributed by atoms with van der Waals surface area (Å²) in [6.45, 7) is 0.748. The minimum absolute atomic E-state index is 0.0186. The summed E-state index contributed by atoms with van der Waals surface area (Å²) in [5, 5.41) is 3.30. The number of alkyl halides is 1. The van der Waals surface area contributed by atoms with Crippen molar-refractivity contribution >= 4 is 40.4 Å². The highest BCUT2D eigenvalue weighted by atomic mass is 35.5. The zero-order valence-corrected chi connectivity index (χ0v) is 11.7. The maximum absolute atomic E-state index is 11.8. The molecule has 0 unspecified atom stereocenters. The van der Waals surface area contributed by atoms with Gasteiger partial charge in [0.25, 0.3) is 5.91 Å². The van der Waals surface area contributed by atoms with Gasteiger partial charge in [0.15, 0.2) is 0 Å². The third-order valence-corrected chi connectivity index (χ3v) is 4.79. The maximum Gasteiger partial charge on any atom is 0.261 e. The van der Waals surface area contributed by atoms with Crippen LogP contribution < -0.4 is 5.32 Å². The summed E-state index contributed by atoms with van der Waals surface area (Å²) < 4.78 is 0.651. The monoisotopic (exact) mass is 291 g/mol. The molecule has 0 bridgehead atoms. The van der Waals surface area contributed by atoms with Crippen molar-refractivity contribution in [1.82, 2.24) is 5.32 Å². The van der Waals surface area contributed by atoms with E-state index in [9.17, 15) is 4.79 Å². The van der Waals surface area contributed by atoms with Crippen LogP contribution in [-0.2, 0) is 0 Å². The number of carbonyl (C=O) groups is 1. The van der Waals surface area contributed by atoms with Gasteiger partial charge in [0.05, 0.1) is 9.21 Å². The third-order valence-electron chi connectivity index (χ3n) is 3.12. The van der Waals surface area contributed by atoms with Crippen LogP contribution in [0, 0.1) is 5.92 Å². The highest BCUT2D eigenvalue weighted by Gasteiger charge is 2.20. The molecule has 1 fully saturated rings. The van der Waals surface area contributed by atoms with Gasteiger partial charge in [-0.05, 0) is 43.7 Å². The number of nitrogens with one attached hydrogen (secondary N) is 1. The zero-order chi connectivity index (χ0) is 12.3. The minimum atomic E-state index is -0.0186. The summed E-state index contributed by atoms with van der Waals surface area (Å²) in [6, 6.07) is 3.51. The van der Waals surface area contributed by atoms with Gasteiger partial charge in [-0.15, -0.1) is 22.9 Å². The first kappa shape index (κ1) is 13.2. The summed E-state index contributed by atoms with van der Waals surface area (Å²) >= 11 is 13.2. The number of hydrogen-bond donors (Lipinski definition) is 1. The van der Waals surface area contributed by atoms with Gasteiger partial charge in [-0.1, -0.05) is 11.6 Å². The molecule has 17 heavy (non-hydrogen) atoms. The molecule has 2 nitrogen and oxygen atoms in total. The Kier molecular flexibility index (Phi) is 4.71. The first-order valence-corrected chi connectivity index (χ1v) is 7.46. The predicted octanol–water partition coefficient (Wildman–Crippen LogP) is 3.93. The molecule has 1 aliphatic rings. The van der Waals surface area contributed by atoms with Crippen LogP contribution in [-0.4, -0.2) is 17.8 Å². The number of halogens is 2. The summed E-state index contributed by atoms with van der Waals surface area (Å²) in [4.78, 5) is 12.5. The van der Waals surface area contributed by atoms with Gasteiger partial charge in [0.1, 0.15) is 0 Å². The standard InChI is InChI=1S/C12H15Cl2NOS/c13-9-3-1-8(2-4-9)7-15-12(16)10-5-6-11(14)17-10/h5-6,8-9H,1-4,7H2,(H,15,16). The minimum Gasteiger partial charge on any atom is -0.351 e. The van der Waals surface area contributed by atoms with Crippen molar-refractivity contribution in [2.75, 3.05) is 6.54 Å². The SMILES string of the molecule is O=C(NCC1CCC(Cl)CC1)c1ccc(Cl)s1. The van der Waals surface area contributed by atoms with Gasteiger partial charge in [-0.3, -0.25) is 4.79 Å². The van der Waals surface area contributed by atoms with Crippen LogP contribution in [0.25, 0.3) is 0 Å². The highest BCUT2D eigenvalue weighted by Crippen LogP contribution is 2.27. The van der Waals surface area contributed by atoms with E-state index in [1.165, 1.54) is 11.3 Å². The first-order valence-electron chi connectivity index (χ1n) is 5.83. The van der Waals surface area contributed by atoms with Crippen molar-refractivity contribution in [2.24, 2.45) is 5.92 Å². The molecule has 0 atom stereocenters. The van der Waals surface area contributed by atoms with Gasteiger partial charge in [-0.2, -0.15) is 0 Å². The molecule has 0 saturated heterocycles. The summed E-state index contributed by atoms with van der Waals surface area (Å²) in [7, 11) is 0. The van der Waals surface area contributed by atoms with Crippen LogP contribution in [0.3, 0.4) is 0 Å². The Morgan fingerprint density at radius 2 is 2.06 bits per heavy atom. The average molecular weight is 292 g/mol. The molecule has 1 aromatic rings. The van der Waals surface area contributed by atoms with E-state index in [0.717, 1.165) is 32.2 Å². The number of carbonyl (C=O) groups excluding carboxylic acids is 1. The Morgan fingerprint density at radius 1 is 1.35 bits per heavy atom. The molecule has 0 spiro atoms. The third kappa shape index (κ3) is 3.87. The summed E-state index contributed by atoms with van der Waals surface area (Å²) in [5.74, 6) is 0.555. The zero-order valence-electron chi connectivity index (χ0n) is 9.42. The molecular weight excluding hydrogens is 277 g/mol. The number of hydrogen-bond acceptors (Lipinski definition) is 2. The predicted molar refractivity (Wildman–Crippen MR) is 73.3 cm³/mol. The van der Waals surface area contributed by atoms with E-state index < -0.39 is 0 Å². The summed E-state index contributed by atoms with van der Waals surface area (Å²) in [6.07, 6.45) is 4.35. The smallest absolute Gasteiger partial charge is 0.261 e. The molecule has 1 aliphatic carbocycles. The van der Waals surface area contributed by atoms with E-state index >= 15 is 0 Å². The van der Waals surface area contributed by atoms with E-state index in [1.807, 2.05) is 0 Å². The lowest BCUT2D eigenvalue weighted by Crippen LogP contribution is -2.31. The number of amides is 1. The fourth-order valence-corrected chi connectivity index (χ4v) is 3.30. The fraction of sp³-hybridized carbons (Fsp3) is 0.583. The number of rotatable bonds is 3. The van der Waals surface area contributed by atoms with Gasteiger partial charge in [0, 0.05) is 11.9 Å². The van der Waals surface area contributed by atoms with Crippen LogP contribution in [0.1, 0.15) is 35.4 Å². The molecule has 0 aliphatic heterocycles. The maximum atomic E-state index is 11.8. The van der Waals surface area contributed by atoms with E-state index in [4.69, 9.17) is 23.2 Å². The summed E-state index contributed by atoms with van der Waals surface area (Å²) in [5.41, 5.74) is 0. The van der Waals surface area contributed by atoms with Crippen LogP contribution in [0.2, 0.25) is 4.34 Å². The topological polar surface area (TPSA) is 29.1 Å². The molecule has 2 rings (SSSR count). The second-order valence-corrected chi connectivity index (χ2v) is 6.76. The Labute approximate surface area is 115 Å². The van der Waals surface area contributed by atoms with Crippen molar-refractivity contribution in [3.8, 4) is 0 Å². The second kappa shape index (κ2) is 6.07. The Bertz CT molecular complexity index is 386. The van der Waals surface area contributed by atoms with Crippen LogP contribution in [0.15, 0.2) is 12.1 Å². The van der Waals surface area contributed by atoms with Gasteiger partial charge >= 0.3 is 0 Å². The quantitative estimate of drug-likeness (QED) is 0.840. The molecule has 1 N–H and O–H groups in total. The highest BCUT2D eigenvalue weighted by molar-refractivity contribution is 7.17. The van der Waals surface area contributed by atoms with Crippen molar-refractivity contribution in [3.63, 3.8) is 0 Å². The number of thiophene rings is 1. The Hall–Kier alpha value is -0.250. The lowest BCUT2D eigenvalue weighted by atomic mass is 9.89. The van der Waals surface area contributed by atoms with Gasteiger partial charge < -0.3 is 5.32 Å². The van der Waals surface area contributed by atoms with Crippen LogP contribution >= 0.6 is 34.5 Å². The van der Waals surface area contributed by atoms with E-state index in [1.54, 1.807) is 12.1 Å². The largest absolute Gasteiger partial charge is 0.351 e. The van der Waals surface area contributed by atoms with Crippen LogP contribution in [0.5, 0.6) is 0 Å². The van der Waals surface area contributed by atoms with Crippen molar-refractivity contribution < 1.29 is 4.79 Å². The molecule has 0 radical (unpaired) electrons. The second-order valence-electron chi connectivity index (χ2n) is 4.43. The molecule has 1 saturated carbocycles. The molecule has 1 aromatic heterocycles. The normalized spacial score (nSPS) is 24.6. The van der Waals surface area contributed by atoms with Gasteiger partial charge in [-0.25, -0.2) is 0 Å². The van der Waals surface area contributed by atoms with E-state index in [2.05, 4.69) is 5.32 Å². The Morgan fingerprint density at radius 3 is 2.65 bits per heavy atom. The molecule has 94 valence electrons. The lowest BCUT2D eigenvalue weighted by Gasteiger charge is -2.24. The molecule has 1 amide bonds. The first-order chi connectivity index (χ1) is 8.15. The molecule has 1 heterocycles. The van der Waals surface area contributed by atoms with Crippen molar-refractivity contribution in [2.45, 2.75) is 31.1 Å². The van der Waals surface area contributed by atoms with E-state index in [0.29, 0.717) is 20.5 Å².